The number of hydrogen-bond acceptors (Lipinski definition) is 33. The fraction of sp³-hybridized carbons (Fsp3) is 0.909. The fourth-order valence-electron chi connectivity index (χ4n) is 18.9. The summed E-state index contributed by atoms with van der Waals surface area (Å²) in [6.45, 7) is 10.5. The van der Waals surface area contributed by atoms with Crippen molar-refractivity contribution in [1.82, 2.24) is 0 Å². The molecule has 10 rings (SSSR count). The van der Waals surface area contributed by atoms with Gasteiger partial charge < -0.3 is 154 Å². The highest BCUT2D eigenvalue weighted by molar-refractivity contribution is 5.87. The number of fused-ring (bicyclic) bond motifs is 7. The maximum Gasteiger partial charge on any atom is 0.333 e. The summed E-state index contributed by atoms with van der Waals surface area (Å²) in [5.74, 6) is -2.95. The van der Waals surface area contributed by atoms with Gasteiger partial charge in [0, 0.05) is 28.7 Å². The van der Waals surface area contributed by atoms with Crippen molar-refractivity contribution in [3.8, 4) is 0 Å². The number of carbonyl (C=O) groups is 2. The van der Waals surface area contributed by atoms with Crippen molar-refractivity contribution < 1.29 is 163 Å². The van der Waals surface area contributed by atoms with Gasteiger partial charge in [-0.25, -0.2) is 4.79 Å². The highest BCUT2D eigenvalue weighted by Gasteiger charge is 2.77. The van der Waals surface area contributed by atoms with Crippen LogP contribution in [-0.2, 0) is 66.4 Å². The SMILES string of the molecule is C/C=C(\C)C(=O)O[C@H]1[C@H](OC(C)=O)[C@@]2(CO)C(CC1(C)C)C1=CC[C@@H]3[C@@]4(C)CC[C@H](O[C@@H]5O[C@H](CO[C@@H]6OC[C@H](O)[C@H](O[C@@H]7O[C@H](CO)[C@@H](O)[C@H](O)[C@H]7O)[C@H]6O)[C@@H](O[C@@H]6O[C@H](CO)[C@@H](O)[C@H](O)[C@H]6O)[C@H](O)[C@H]5O[C@@H]5O[C@H](CO)[C@@H](O)[C@H](O)[C@H]5O)[C@@](C)(CO)C4CC[C@@]3(C)[C@]1(C)[C@@H](O)[C@H]2O. The van der Waals surface area contributed by atoms with Crippen LogP contribution in [0.4, 0.5) is 0 Å². The zero-order valence-corrected chi connectivity index (χ0v) is 57.0. The van der Waals surface area contributed by atoms with E-state index in [0.717, 1.165) is 5.57 Å². The molecule has 0 aromatic heterocycles. The molecule has 99 heavy (non-hydrogen) atoms. The van der Waals surface area contributed by atoms with Gasteiger partial charge >= 0.3 is 11.9 Å². The summed E-state index contributed by atoms with van der Waals surface area (Å²) in [6, 6.07) is 0. The van der Waals surface area contributed by atoms with Crippen LogP contribution in [0.2, 0.25) is 0 Å². The number of hydrogen-bond donors (Lipinski definition) is 19. The molecule has 33 heteroatoms. The van der Waals surface area contributed by atoms with Crippen LogP contribution in [0, 0.1) is 50.2 Å². The second-order valence-electron chi connectivity index (χ2n) is 30.7. The summed E-state index contributed by atoms with van der Waals surface area (Å²) in [5, 5.41) is 214. The first-order valence-electron chi connectivity index (χ1n) is 34.2. The van der Waals surface area contributed by atoms with Gasteiger partial charge in [-0.05, 0) is 81.0 Å². The number of allylic oxidation sites excluding steroid dienone is 2. The molecule has 0 amide bonds. The largest absolute Gasteiger partial charge is 0.458 e. The molecular formula is C66H106O33. The summed E-state index contributed by atoms with van der Waals surface area (Å²) in [6.07, 6.45) is -46.9. The molecule has 0 radical (unpaired) electrons. The van der Waals surface area contributed by atoms with Crippen LogP contribution in [0.15, 0.2) is 23.3 Å². The lowest BCUT2D eigenvalue weighted by atomic mass is 9.32. The van der Waals surface area contributed by atoms with Crippen molar-refractivity contribution in [1.29, 1.82) is 0 Å². The minimum Gasteiger partial charge on any atom is -0.458 e. The maximum absolute atomic E-state index is 13.5. The molecule has 2 unspecified atom stereocenters. The van der Waals surface area contributed by atoms with Crippen molar-refractivity contribution >= 4 is 11.9 Å². The first-order chi connectivity index (χ1) is 46.5. The van der Waals surface area contributed by atoms with E-state index in [2.05, 4.69) is 19.9 Å². The Morgan fingerprint density at radius 3 is 1.58 bits per heavy atom. The number of esters is 2. The predicted octanol–water partition coefficient (Wildman–Crippen LogP) is -6.16. The average molecular weight is 1430 g/mol. The monoisotopic (exact) mass is 1430 g/mol. The van der Waals surface area contributed by atoms with E-state index < -0.39 is 280 Å². The molecule has 0 aromatic rings. The minimum atomic E-state index is -2.18. The minimum absolute atomic E-state index is 0.116. The average Bonchev–Trinajstić information content (AvgIpc) is 0.661. The summed E-state index contributed by atoms with van der Waals surface area (Å²) < 4.78 is 73.0. The van der Waals surface area contributed by atoms with E-state index in [9.17, 15) is 107 Å². The fourth-order valence-corrected chi connectivity index (χ4v) is 18.9. The quantitative estimate of drug-likeness (QED) is 0.0248. The summed E-state index contributed by atoms with van der Waals surface area (Å²) in [4.78, 5) is 26.7. The number of rotatable bonds is 19. The van der Waals surface area contributed by atoms with E-state index in [0.29, 0.717) is 25.7 Å². The van der Waals surface area contributed by atoms with E-state index >= 15 is 0 Å². The molecular weight excluding hydrogens is 1320 g/mol. The molecule has 4 saturated carbocycles. The van der Waals surface area contributed by atoms with Gasteiger partial charge in [0.2, 0.25) is 0 Å². The van der Waals surface area contributed by atoms with Crippen LogP contribution >= 0.6 is 0 Å². The smallest absolute Gasteiger partial charge is 0.333 e. The molecule has 0 spiro atoms. The van der Waals surface area contributed by atoms with E-state index in [4.69, 9.17) is 56.8 Å². The zero-order chi connectivity index (χ0) is 72.9. The van der Waals surface area contributed by atoms with Gasteiger partial charge in [0.15, 0.2) is 37.6 Å². The Kier molecular flexibility index (Phi) is 23.8. The Hall–Kier alpha value is -2.74. The normalized spacial score (nSPS) is 52.3. The molecule has 10 aliphatic rings. The molecule has 19 N–H and O–H groups in total. The standard InChI is InChI=1S/C66H106O33/c1-10-25(2)55(87)99-53-54(90-26(3)72)66(24-71)28(17-61(53,4)5)27-11-12-35-62(6)15-14-36(63(7,23-70)34(62)13-16-64(35,8)65(27,9)51(85)52(66)86)95-60-50(98-59-45(82)42(79)39(76)32(20-69)93-59)46(83)49(97-58-44(81)41(78)38(75)31(19-68)92-58)33(94-60)22-89-56-47(84)48(29(73)21-88-56)96-57-43(80)40(77)37(74)30(18-67)91-57/h10-11,28-54,56-60,67-71,73-86H,12-24H2,1-9H3/b25-10+/t28?,29-,30+,31+,32+,33+,34?,35+,36-,37+,38+,39+,40-,41-,42-,43+,44+,45+,46-,47+,48-,49+,50+,51-,52+,53-,54-,56-,57-,58-,59-,60-,62-,63-,64+,65-,66-/m0/s1. The second-order valence-corrected chi connectivity index (χ2v) is 30.7. The Labute approximate surface area is 572 Å². The van der Waals surface area contributed by atoms with Crippen LogP contribution in [-0.4, -0.2) is 333 Å². The van der Waals surface area contributed by atoms with Gasteiger partial charge in [0.1, 0.15) is 122 Å². The highest BCUT2D eigenvalue weighted by atomic mass is 16.8. The van der Waals surface area contributed by atoms with Crippen molar-refractivity contribution in [3.05, 3.63) is 23.3 Å². The molecule has 5 saturated heterocycles. The highest BCUT2D eigenvalue weighted by Crippen LogP contribution is 2.76. The third-order valence-corrected chi connectivity index (χ3v) is 25.0. The lowest BCUT2D eigenvalue weighted by molar-refractivity contribution is -0.400. The Bertz CT molecular complexity index is 2850. The molecule has 33 nitrogen and oxygen atoms in total. The van der Waals surface area contributed by atoms with Crippen molar-refractivity contribution in [3.63, 3.8) is 0 Å². The van der Waals surface area contributed by atoms with Crippen LogP contribution in [0.25, 0.3) is 0 Å². The van der Waals surface area contributed by atoms with Gasteiger partial charge in [-0.15, -0.1) is 0 Å². The van der Waals surface area contributed by atoms with Gasteiger partial charge in [0.25, 0.3) is 0 Å². The van der Waals surface area contributed by atoms with Gasteiger partial charge in [0.05, 0.1) is 70.0 Å². The van der Waals surface area contributed by atoms with Gasteiger partial charge in [-0.1, -0.05) is 59.3 Å². The molecule has 9 fully saturated rings. The molecule has 5 aliphatic heterocycles. The molecule has 0 bridgehead atoms. The van der Waals surface area contributed by atoms with E-state index in [1.165, 1.54) is 6.92 Å². The van der Waals surface area contributed by atoms with E-state index in [1.54, 1.807) is 26.8 Å². The van der Waals surface area contributed by atoms with Crippen molar-refractivity contribution in [2.75, 3.05) is 46.2 Å². The lowest BCUT2D eigenvalue weighted by Crippen LogP contribution is -2.76. The topological polar surface area (TPSA) is 529 Å². The lowest BCUT2D eigenvalue weighted by Gasteiger charge is -2.73. The Balaban J connectivity index is 0.984. The second kappa shape index (κ2) is 29.9. The summed E-state index contributed by atoms with van der Waals surface area (Å²) in [5.41, 5.74) is -5.79. The first-order valence-corrected chi connectivity index (χ1v) is 34.2. The number of carbonyl (C=O) groups excluding carboxylic acids is 2. The van der Waals surface area contributed by atoms with Crippen LogP contribution < -0.4 is 0 Å². The van der Waals surface area contributed by atoms with Gasteiger partial charge in [-0.3, -0.25) is 4.79 Å². The third kappa shape index (κ3) is 13.2. The van der Waals surface area contributed by atoms with E-state index in [1.807, 2.05) is 20.8 Å². The molecule has 37 atom stereocenters. The first kappa shape index (κ1) is 78.8. The Morgan fingerprint density at radius 1 is 0.545 bits per heavy atom. The zero-order valence-electron chi connectivity index (χ0n) is 57.0. The Morgan fingerprint density at radius 2 is 1.07 bits per heavy atom. The third-order valence-electron chi connectivity index (χ3n) is 25.0. The van der Waals surface area contributed by atoms with Crippen molar-refractivity contribution in [2.24, 2.45) is 50.2 Å². The number of aliphatic hydroxyl groups is 19. The molecule has 0 aromatic carbocycles. The molecule has 5 heterocycles. The van der Waals surface area contributed by atoms with Crippen LogP contribution in [0.3, 0.4) is 0 Å². The number of aliphatic hydroxyl groups excluding tert-OH is 19. The predicted molar refractivity (Wildman–Crippen MR) is 329 cm³/mol. The maximum atomic E-state index is 13.5. The summed E-state index contributed by atoms with van der Waals surface area (Å²) >= 11 is 0. The van der Waals surface area contributed by atoms with Crippen LogP contribution in [0.5, 0.6) is 0 Å². The number of ether oxygens (including phenoxy) is 12. The summed E-state index contributed by atoms with van der Waals surface area (Å²) in [7, 11) is 0. The van der Waals surface area contributed by atoms with Crippen molar-refractivity contribution in [2.45, 2.75) is 279 Å². The molecule has 5 aliphatic carbocycles. The van der Waals surface area contributed by atoms with Crippen LogP contribution in [0.1, 0.15) is 101 Å². The molecule has 568 valence electrons. The van der Waals surface area contributed by atoms with Gasteiger partial charge in [-0.2, -0.15) is 0 Å². The van der Waals surface area contributed by atoms with E-state index in [-0.39, 0.29) is 24.3 Å².